The Morgan fingerprint density at radius 3 is 2.86 bits per heavy atom. The van der Waals surface area contributed by atoms with Gasteiger partial charge >= 0.3 is 0 Å². The number of nitrogens with zero attached hydrogens (tertiary/aromatic N) is 2. The van der Waals surface area contributed by atoms with Gasteiger partial charge in [0, 0.05) is 31.9 Å². The summed E-state index contributed by atoms with van der Waals surface area (Å²) in [7, 11) is 0. The molecule has 0 saturated carbocycles. The van der Waals surface area contributed by atoms with Crippen LogP contribution in [0, 0.1) is 0 Å². The molecule has 5 heteroatoms. The Kier molecular flexibility index (Phi) is 4.83. The number of piperidine rings is 1. The van der Waals surface area contributed by atoms with Crippen LogP contribution >= 0.6 is 0 Å². The standard InChI is InChI=1S/C16H24N4O/c21-16(15-5-3-9-18-15)19-13-6-10-20(11-7-13)12-14-4-1-2-8-17-14/h1-2,4,8,13,15,18H,3,5-7,9-12H2,(H,19,21). The van der Waals surface area contributed by atoms with Crippen molar-refractivity contribution in [2.75, 3.05) is 19.6 Å². The first-order chi connectivity index (χ1) is 10.3. The number of aromatic nitrogens is 1. The van der Waals surface area contributed by atoms with Gasteiger partial charge in [-0.3, -0.25) is 14.7 Å². The zero-order valence-electron chi connectivity index (χ0n) is 12.4. The van der Waals surface area contributed by atoms with Crippen molar-refractivity contribution in [3.63, 3.8) is 0 Å². The Labute approximate surface area is 126 Å². The van der Waals surface area contributed by atoms with Crippen LogP contribution in [0.5, 0.6) is 0 Å². The van der Waals surface area contributed by atoms with E-state index in [4.69, 9.17) is 0 Å². The minimum absolute atomic E-state index is 0.0385. The Morgan fingerprint density at radius 1 is 1.33 bits per heavy atom. The second-order valence-electron chi connectivity index (χ2n) is 6.03. The third-order valence-electron chi connectivity index (χ3n) is 4.42. The molecule has 3 rings (SSSR count). The van der Waals surface area contributed by atoms with Gasteiger partial charge in [0.05, 0.1) is 11.7 Å². The first kappa shape index (κ1) is 14.5. The molecule has 5 nitrogen and oxygen atoms in total. The van der Waals surface area contributed by atoms with Crippen LogP contribution in [0.15, 0.2) is 24.4 Å². The van der Waals surface area contributed by atoms with Crippen LogP contribution in [-0.2, 0) is 11.3 Å². The van der Waals surface area contributed by atoms with Gasteiger partial charge in [0.1, 0.15) is 0 Å². The number of rotatable bonds is 4. The maximum Gasteiger partial charge on any atom is 0.237 e. The van der Waals surface area contributed by atoms with Crippen molar-refractivity contribution in [2.24, 2.45) is 0 Å². The molecule has 3 heterocycles. The number of likely N-dealkylation sites (tertiary alicyclic amines) is 1. The average molecular weight is 288 g/mol. The fourth-order valence-corrected chi connectivity index (χ4v) is 3.17. The monoisotopic (exact) mass is 288 g/mol. The Bertz CT molecular complexity index is 451. The molecule has 114 valence electrons. The van der Waals surface area contributed by atoms with E-state index >= 15 is 0 Å². The number of carbonyl (C=O) groups excluding carboxylic acids is 1. The van der Waals surface area contributed by atoms with Crippen LogP contribution in [0.1, 0.15) is 31.4 Å². The molecule has 2 N–H and O–H groups in total. The molecule has 1 aromatic rings. The van der Waals surface area contributed by atoms with Gasteiger partial charge in [0.2, 0.25) is 5.91 Å². The lowest BCUT2D eigenvalue weighted by molar-refractivity contribution is -0.123. The summed E-state index contributed by atoms with van der Waals surface area (Å²) < 4.78 is 0. The van der Waals surface area contributed by atoms with Gasteiger partial charge in [0.25, 0.3) is 0 Å². The third kappa shape index (κ3) is 4.02. The summed E-state index contributed by atoms with van der Waals surface area (Å²) in [4.78, 5) is 18.9. The molecule has 2 fully saturated rings. The fourth-order valence-electron chi connectivity index (χ4n) is 3.17. The quantitative estimate of drug-likeness (QED) is 0.865. The third-order valence-corrected chi connectivity index (χ3v) is 4.42. The largest absolute Gasteiger partial charge is 0.352 e. The summed E-state index contributed by atoms with van der Waals surface area (Å²) >= 11 is 0. The summed E-state index contributed by atoms with van der Waals surface area (Å²) in [6.45, 7) is 3.94. The Balaban J connectivity index is 1.41. The number of hydrogen-bond acceptors (Lipinski definition) is 4. The number of amides is 1. The molecule has 2 aliphatic heterocycles. The molecule has 0 aromatic carbocycles. The van der Waals surface area contributed by atoms with E-state index in [1.54, 1.807) is 0 Å². The molecule has 1 unspecified atom stereocenters. The highest BCUT2D eigenvalue weighted by Gasteiger charge is 2.26. The molecule has 2 saturated heterocycles. The van der Waals surface area contributed by atoms with Gasteiger partial charge in [-0.25, -0.2) is 0 Å². The van der Waals surface area contributed by atoms with Crippen molar-refractivity contribution in [3.05, 3.63) is 30.1 Å². The maximum absolute atomic E-state index is 12.1. The minimum Gasteiger partial charge on any atom is -0.352 e. The van der Waals surface area contributed by atoms with Crippen LogP contribution in [0.2, 0.25) is 0 Å². The normalized spacial score (nSPS) is 24.1. The van der Waals surface area contributed by atoms with E-state index in [0.717, 1.165) is 57.6 Å². The summed E-state index contributed by atoms with van der Waals surface area (Å²) in [5.74, 6) is 0.190. The summed E-state index contributed by atoms with van der Waals surface area (Å²) in [6, 6.07) is 6.42. The van der Waals surface area contributed by atoms with Gasteiger partial charge in [-0.2, -0.15) is 0 Å². The van der Waals surface area contributed by atoms with Crippen LogP contribution < -0.4 is 10.6 Å². The molecule has 1 aromatic heterocycles. The zero-order chi connectivity index (χ0) is 14.5. The van der Waals surface area contributed by atoms with Gasteiger partial charge in [-0.05, 0) is 44.4 Å². The van der Waals surface area contributed by atoms with Crippen molar-refractivity contribution in [1.82, 2.24) is 20.5 Å². The molecule has 0 bridgehead atoms. The number of pyridine rings is 1. The maximum atomic E-state index is 12.1. The van der Waals surface area contributed by atoms with Gasteiger partial charge in [0.15, 0.2) is 0 Å². The molecule has 0 aliphatic carbocycles. The Hall–Kier alpha value is -1.46. The van der Waals surface area contributed by atoms with Crippen LogP contribution in [-0.4, -0.2) is 47.5 Å². The van der Waals surface area contributed by atoms with Gasteiger partial charge in [-0.1, -0.05) is 6.07 Å². The van der Waals surface area contributed by atoms with Crippen molar-refractivity contribution in [3.8, 4) is 0 Å². The molecular formula is C16H24N4O. The van der Waals surface area contributed by atoms with E-state index in [2.05, 4.69) is 26.6 Å². The zero-order valence-corrected chi connectivity index (χ0v) is 12.4. The van der Waals surface area contributed by atoms with Gasteiger partial charge < -0.3 is 10.6 Å². The lowest BCUT2D eigenvalue weighted by Gasteiger charge is -2.32. The molecule has 1 amide bonds. The predicted octanol–water partition coefficient (Wildman–Crippen LogP) is 0.914. The first-order valence-electron chi connectivity index (χ1n) is 7.97. The number of nitrogens with one attached hydrogen (secondary N) is 2. The fraction of sp³-hybridized carbons (Fsp3) is 0.625. The van der Waals surface area contributed by atoms with E-state index < -0.39 is 0 Å². The van der Waals surface area contributed by atoms with E-state index in [-0.39, 0.29) is 11.9 Å². The second kappa shape index (κ2) is 7.00. The summed E-state index contributed by atoms with van der Waals surface area (Å²) in [5.41, 5.74) is 1.12. The average Bonchev–Trinajstić information content (AvgIpc) is 3.05. The smallest absolute Gasteiger partial charge is 0.237 e. The number of carbonyl (C=O) groups is 1. The van der Waals surface area contributed by atoms with Crippen molar-refractivity contribution in [2.45, 2.75) is 44.3 Å². The SMILES string of the molecule is O=C(NC1CCN(Cc2ccccn2)CC1)C1CCCN1. The highest BCUT2D eigenvalue weighted by molar-refractivity contribution is 5.82. The number of hydrogen-bond donors (Lipinski definition) is 2. The van der Waals surface area contributed by atoms with Crippen molar-refractivity contribution in [1.29, 1.82) is 0 Å². The van der Waals surface area contributed by atoms with E-state index in [1.807, 2.05) is 18.3 Å². The first-order valence-corrected chi connectivity index (χ1v) is 7.97. The van der Waals surface area contributed by atoms with Crippen molar-refractivity contribution >= 4 is 5.91 Å². The molecule has 0 radical (unpaired) electrons. The molecule has 1 atom stereocenters. The lowest BCUT2D eigenvalue weighted by atomic mass is 10.0. The van der Waals surface area contributed by atoms with E-state index in [1.165, 1.54) is 0 Å². The minimum atomic E-state index is 0.0385. The summed E-state index contributed by atoms with van der Waals surface area (Å²) in [6.07, 6.45) is 6.00. The molecular weight excluding hydrogens is 264 g/mol. The second-order valence-corrected chi connectivity index (χ2v) is 6.03. The lowest BCUT2D eigenvalue weighted by Crippen LogP contribution is -2.49. The highest BCUT2D eigenvalue weighted by Crippen LogP contribution is 2.14. The van der Waals surface area contributed by atoms with Crippen LogP contribution in [0.25, 0.3) is 0 Å². The molecule has 2 aliphatic rings. The topological polar surface area (TPSA) is 57.3 Å². The molecule has 0 spiro atoms. The van der Waals surface area contributed by atoms with Gasteiger partial charge in [-0.15, -0.1) is 0 Å². The highest BCUT2D eigenvalue weighted by atomic mass is 16.2. The van der Waals surface area contributed by atoms with E-state index in [0.29, 0.717) is 6.04 Å². The predicted molar refractivity (Wildman–Crippen MR) is 81.7 cm³/mol. The van der Waals surface area contributed by atoms with Crippen LogP contribution in [0.4, 0.5) is 0 Å². The molecule has 21 heavy (non-hydrogen) atoms. The van der Waals surface area contributed by atoms with Crippen molar-refractivity contribution < 1.29 is 4.79 Å². The Morgan fingerprint density at radius 2 is 2.19 bits per heavy atom. The summed E-state index contributed by atoms with van der Waals surface area (Å²) in [5, 5.41) is 6.46. The van der Waals surface area contributed by atoms with E-state index in [9.17, 15) is 4.79 Å². The van der Waals surface area contributed by atoms with Crippen LogP contribution in [0.3, 0.4) is 0 Å².